The lowest BCUT2D eigenvalue weighted by molar-refractivity contribution is 0.0461. The molecule has 0 aromatic carbocycles. The molecule has 100 valence electrons. The molecule has 0 saturated carbocycles. The number of amides is 1. The fourth-order valence-electron chi connectivity index (χ4n) is 1.78. The summed E-state index contributed by atoms with van der Waals surface area (Å²) in [4.78, 5) is 11.6. The number of ether oxygens (including phenoxy) is 2. The standard InChI is InChI=1S/C12H19N3O3/c1-8-5-10-15(14-8)6-9(7-17-10)13-11(16)18-12(2,3)4/h5,9H,6-7H2,1-4H3,(H,13,16). The zero-order chi connectivity index (χ0) is 13.3. The summed E-state index contributed by atoms with van der Waals surface area (Å²) in [6, 6.07) is 1.76. The summed E-state index contributed by atoms with van der Waals surface area (Å²) in [5.41, 5.74) is 0.412. The van der Waals surface area contributed by atoms with Crippen molar-refractivity contribution in [3.05, 3.63) is 11.8 Å². The summed E-state index contributed by atoms with van der Waals surface area (Å²) >= 11 is 0. The summed E-state index contributed by atoms with van der Waals surface area (Å²) in [7, 11) is 0. The van der Waals surface area contributed by atoms with Crippen LogP contribution in [0.4, 0.5) is 4.79 Å². The third kappa shape index (κ3) is 3.15. The Morgan fingerprint density at radius 1 is 1.61 bits per heavy atom. The number of aryl methyl sites for hydroxylation is 1. The predicted molar refractivity (Wildman–Crippen MR) is 65.6 cm³/mol. The highest BCUT2D eigenvalue weighted by molar-refractivity contribution is 5.68. The third-order valence-electron chi connectivity index (χ3n) is 2.41. The van der Waals surface area contributed by atoms with Gasteiger partial charge in [0.15, 0.2) is 0 Å². The van der Waals surface area contributed by atoms with Crippen LogP contribution >= 0.6 is 0 Å². The van der Waals surface area contributed by atoms with Crippen LogP contribution in [0.5, 0.6) is 5.88 Å². The zero-order valence-corrected chi connectivity index (χ0v) is 11.2. The molecule has 1 aromatic rings. The number of alkyl carbamates (subject to hydrolysis) is 1. The van der Waals surface area contributed by atoms with Crippen molar-refractivity contribution in [1.29, 1.82) is 0 Å². The SMILES string of the molecule is Cc1cc2n(n1)CC(NC(=O)OC(C)(C)C)CO2. The molecule has 0 bridgehead atoms. The number of aromatic nitrogens is 2. The molecular formula is C12H19N3O3. The Hall–Kier alpha value is -1.72. The second-order valence-electron chi connectivity index (χ2n) is 5.46. The molecule has 6 heteroatoms. The number of carbonyl (C=O) groups excluding carboxylic acids is 1. The fourth-order valence-corrected chi connectivity index (χ4v) is 1.78. The maximum atomic E-state index is 11.6. The maximum Gasteiger partial charge on any atom is 0.408 e. The molecule has 1 aliphatic heterocycles. The Balaban J connectivity index is 1.91. The van der Waals surface area contributed by atoms with E-state index in [9.17, 15) is 4.79 Å². The molecule has 1 aliphatic rings. The molecule has 6 nitrogen and oxygen atoms in total. The lowest BCUT2D eigenvalue weighted by Crippen LogP contribution is -2.46. The minimum Gasteiger partial charge on any atom is -0.476 e. The van der Waals surface area contributed by atoms with Gasteiger partial charge in [-0.3, -0.25) is 0 Å². The lowest BCUT2D eigenvalue weighted by Gasteiger charge is -2.26. The topological polar surface area (TPSA) is 65.4 Å². The van der Waals surface area contributed by atoms with Crippen molar-refractivity contribution in [2.24, 2.45) is 0 Å². The van der Waals surface area contributed by atoms with Crippen molar-refractivity contribution in [2.45, 2.75) is 45.9 Å². The highest BCUT2D eigenvalue weighted by Crippen LogP contribution is 2.18. The minimum absolute atomic E-state index is 0.119. The van der Waals surface area contributed by atoms with E-state index in [-0.39, 0.29) is 6.04 Å². The van der Waals surface area contributed by atoms with Gasteiger partial charge in [0.25, 0.3) is 0 Å². The molecular weight excluding hydrogens is 234 g/mol. The van der Waals surface area contributed by atoms with Gasteiger partial charge in [0.2, 0.25) is 5.88 Å². The molecule has 1 aromatic heterocycles. The highest BCUT2D eigenvalue weighted by atomic mass is 16.6. The van der Waals surface area contributed by atoms with Gasteiger partial charge in [0.1, 0.15) is 12.2 Å². The van der Waals surface area contributed by atoms with Crippen LogP contribution in [0.1, 0.15) is 26.5 Å². The molecule has 0 spiro atoms. The van der Waals surface area contributed by atoms with Crippen LogP contribution in [0.25, 0.3) is 0 Å². The van der Waals surface area contributed by atoms with E-state index >= 15 is 0 Å². The van der Waals surface area contributed by atoms with Crippen molar-refractivity contribution >= 4 is 6.09 Å². The van der Waals surface area contributed by atoms with E-state index in [1.54, 1.807) is 4.68 Å². The van der Waals surface area contributed by atoms with Gasteiger partial charge in [-0.1, -0.05) is 0 Å². The Labute approximate surface area is 106 Å². The second kappa shape index (κ2) is 4.51. The van der Waals surface area contributed by atoms with Gasteiger partial charge in [-0.2, -0.15) is 5.10 Å². The van der Waals surface area contributed by atoms with Gasteiger partial charge >= 0.3 is 6.09 Å². The Bertz CT molecular complexity index is 448. The summed E-state index contributed by atoms with van der Waals surface area (Å²) in [6.45, 7) is 8.44. The van der Waals surface area contributed by atoms with Gasteiger partial charge in [-0.15, -0.1) is 0 Å². The van der Waals surface area contributed by atoms with E-state index < -0.39 is 11.7 Å². The predicted octanol–water partition coefficient (Wildman–Crippen LogP) is 1.48. The lowest BCUT2D eigenvalue weighted by atomic mass is 10.2. The number of fused-ring (bicyclic) bond motifs is 1. The first-order valence-electron chi connectivity index (χ1n) is 6.00. The monoisotopic (exact) mass is 253 g/mol. The molecule has 0 aliphatic carbocycles. The molecule has 18 heavy (non-hydrogen) atoms. The smallest absolute Gasteiger partial charge is 0.408 e. The molecule has 1 N–H and O–H groups in total. The molecule has 0 radical (unpaired) electrons. The van der Waals surface area contributed by atoms with E-state index in [4.69, 9.17) is 9.47 Å². The van der Waals surface area contributed by atoms with Crippen molar-refractivity contribution in [1.82, 2.24) is 15.1 Å². The number of nitrogens with zero attached hydrogens (tertiary/aromatic N) is 2. The average molecular weight is 253 g/mol. The van der Waals surface area contributed by atoms with Crippen molar-refractivity contribution < 1.29 is 14.3 Å². The molecule has 1 unspecified atom stereocenters. The molecule has 2 rings (SSSR count). The number of carbonyl (C=O) groups is 1. The summed E-state index contributed by atoms with van der Waals surface area (Å²) < 4.78 is 12.5. The van der Waals surface area contributed by atoms with E-state index in [0.717, 1.165) is 11.6 Å². The quantitative estimate of drug-likeness (QED) is 0.823. The first-order valence-corrected chi connectivity index (χ1v) is 6.00. The van der Waals surface area contributed by atoms with Crippen LogP contribution in [0, 0.1) is 6.92 Å². The Kier molecular flexibility index (Phi) is 3.19. The first-order chi connectivity index (χ1) is 8.33. The Morgan fingerprint density at radius 2 is 2.33 bits per heavy atom. The zero-order valence-electron chi connectivity index (χ0n) is 11.2. The van der Waals surface area contributed by atoms with Gasteiger partial charge < -0.3 is 14.8 Å². The first kappa shape index (κ1) is 12.7. The summed E-state index contributed by atoms with van der Waals surface area (Å²) in [6.07, 6.45) is -0.427. The summed E-state index contributed by atoms with van der Waals surface area (Å²) in [5, 5.41) is 7.06. The van der Waals surface area contributed by atoms with Crippen LogP contribution in [0.2, 0.25) is 0 Å². The number of nitrogens with one attached hydrogen (secondary N) is 1. The van der Waals surface area contributed by atoms with Gasteiger partial charge in [-0.25, -0.2) is 9.48 Å². The van der Waals surface area contributed by atoms with Crippen molar-refractivity contribution in [3.8, 4) is 5.88 Å². The maximum absolute atomic E-state index is 11.6. The van der Waals surface area contributed by atoms with Crippen LogP contribution in [-0.4, -0.2) is 34.1 Å². The normalized spacial score (nSPS) is 18.8. The fraction of sp³-hybridized carbons (Fsp3) is 0.667. The van der Waals surface area contributed by atoms with Crippen LogP contribution in [0.3, 0.4) is 0 Å². The number of hydrogen-bond acceptors (Lipinski definition) is 4. The van der Waals surface area contributed by atoms with Crippen LogP contribution in [-0.2, 0) is 11.3 Å². The van der Waals surface area contributed by atoms with E-state index in [0.29, 0.717) is 13.2 Å². The van der Waals surface area contributed by atoms with Crippen molar-refractivity contribution in [2.75, 3.05) is 6.61 Å². The Morgan fingerprint density at radius 3 is 3.00 bits per heavy atom. The van der Waals surface area contributed by atoms with Gasteiger partial charge in [0, 0.05) is 6.07 Å². The average Bonchev–Trinajstić information content (AvgIpc) is 2.53. The molecule has 0 fully saturated rings. The highest BCUT2D eigenvalue weighted by Gasteiger charge is 2.24. The van der Waals surface area contributed by atoms with Crippen molar-refractivity contribution in [3.63, 3.8) is 0 Å². The van der Waals surface area contributed by atoms with E-state index in [2.05, 4.69) is 10.4 Å². The summed E-state index contributed by atoms with van der Waals surface area (Å²) in [5.74, 6) is 0.745. The van der Waals surface area contributed by atoms with Crippen LogP contribution < -0.4 is 10.1 Å². The van der Waals surface area contributed by atoms with E-state index in [1.807, 2.05) is 33.8 Å². The van der Waals surface area contributed by atoms with E-state index in [1.165, 1.54) is 0 Å². The largest absolute Gasteiger partial charge is 0.476 e. The van der Waals surface area contributed by atoms with Crippen LogP contribution in [0.15, 0.2) is 6.07 Å². The number of rotatable bonds is 1. The number of hydrogen-bond donors (Lipinski definition) is 1. The molecule has 1 amide bonds. The molecule has 2 heterocycles. The molecule has 1 atom stereocenters. The molecule has 0 saturated heterocycles. The third-order valence-corrected chi connectivity index (χ3v) is 2.41. The van der Waals surface area contributed by atoms with Gasteiger partial charge in [-0.05, 0) is 27.7 Å². The second-order valence-corrected chi connectivity index (χ2v) is 5.46. The minimum atomic E-state index is -0.493. The van der Waals surface area contributed by atoms with Gasteiger partial charge in [0.05, 0.1) is 18.3 Å².